The molecular formula is C13H24N4O. The van der Waals surface area contributed by atoms with E-state index in [0.29, 0.717) is 12.5 Å². The lowest BCUT2D eigenvalue weighted by Crippen LogP contribution is -2.39. The molecule has 1 aromatic rings. The SMILES string of the molecule is CCc1nn(C)cc1NC(C)C(=O)NCC(C)C. The molecule has 18 heavy (non-hydrogen) atoms. The number of aromatic nitrogens is 2. The van der Waals surface area contributed by atoms with Gasteiger partial charge in [-0.1, -0.05) is 20.8 Å². The van der Waals surface area contributed by atoms with Crippen molar-refractivity contribution in [3.05, 3.63) is 11.9 Å². The summed E-state index contributed by atoms with van der Waals surface area (Å²) in [5.41, 5.74) is 1.92. The van der Waals surface area contributed by atoms with Crippen molar-refractivity contribution < 1.29 is 4.79 Å². The van der Waals surface area contributed by atoms with Gasteiger partial charge < -0.3 is 10.6 Å². The first-order chi connectivity index (χ1) is 8.43. The Hall–Kier alpha value is -1.52. The van der Waals surface area contributed by atoms with Crippen LogP contribution in [0.4, 0.5) is 5.69 Å². The predicted octanol–water partition coefficient (Wildman–Crippen LogP) is 1.56. The summed E-state index contributed by atoms with van der Waals surface area (Å²) in [4.78, 5) is 11.9. The highest BCUT2D eigenvalue weighted by molar-refractivity contribution is 5.84. The monoisotopic (exact) mass is 252 g/mol. The fraction of sp³-hybridized carbons (Fsp3) is 0.692. The Bertz CT molecular complexity index is 398. The van der Waals surface area contributed by atoms with Crippen molar-refractivity contribution in [3.63, 3.8) is 0 Å². The van der Waals surface area contributed by atoms with Gasteiger partial charge in [0.05, 0.1) is 11.4 Å². The zero-order chi connectivity index (χ0) is 13.7. The maximum absolute atomic E-state index is 11.9. The number of anilines is 1. The van der Waals surface area contributed by atoms with Crippen molar-refractivity contribution in [2.75, 3.05) is 11.9 Å². The van der Waals surface area contributed by atoms with Crippen LogP contribution in [0.3, 0.4) is 0 Å². The Morgan fingerprint density at radius 1 is 1.44 bits per heavy atom. The molecule has 1 atom stereocenters. The topological polar surface area (TPSA) is 59.0 Å². The third-order valence-electron chi connectivity index (χ3n) is 2.69. The van der Waals surface area contributed by atoms with Crippen molar-refractivity contribution in [3.8, 4) is 0 Å². The summed E-state index contributed by atoms with van der Waals surface area (Å²) in [5, 5.41) is 10.5. The molecule has 1 aromatic heterocycles. The smallest absolute Gasteiger partial charge is 0.242 e. The highest BCUT2D eigenvalue weighted by Crippen LogP contribution is 2.14. The molecule has 0 bridgehead atoms. The van der Waals surface area contributed by atoms with Crippen LogP contribution in [0.15, 0.2) is 6.20 Å². The third-order valence-corrected chi connectivity index (χ3v) is 2.69. The summed E-state index contributed by atoms with van der Waals surface area (Å²) in [6.07, 6.45) is 2.76. The minimum absolute atomic E-state index is 0.0228. The molecule has 0 aliphatic heterocycles. The number of hydrogen-bond acceptors (Lipinski definition) is 3. The minimum atomic E-state index is -0.252. The summed E-state index contributed by atoms with van der Waals surface area (Å²) >= 11 is 0. The van der Waals surface area contributed by atoms with Gasteiger partial charge in [-0.05, 0) is 19.3 Å². The first-order valence-electron chi connectivity index (χ1n) is 6.50. The zero-order valence-corrected chi connectivity index (χ0v) is 11.9. The van der Waals surface area contributed by atoms with Crippen LogP contribution >= 0.6 is 0 Å². The van der Waals surface area contributed by atoms with E-state index in [-0.39, 0.29) is 11.9 Å². The summed E-state index contributed by atoms with van der Waals surface area (Å²) in [6.45, 7) is 8.78. The maximum Gasteiger partial charge on any atom is 0.242 e. The van der Waals surface area contributed by atoms with E-state index in [1.807, 2.05) is 20.2 Å². The van der Waals surface area contributed by atoms with Gasteiger partial charge in [0.25, 0.3) is 0 Å². The average molecular weight is 252 g/mol. The van der Waals surface area contributed by atoms with E-state index in [0.717, 1.165) is 17.8 Å². The van der Waals surface area contributed by atoms with E-state index in [4.69, 9.17) is 0 Å². The number of hydrogen-bond donors (Lipinski definition) is 2. The number of amides is 1. The molecule has 102 valence electrons. The number of rotatable bonds is 6. The Kier molecular flexibility index (Phi) is 5.19. The minimum Gasteiger partial charge on any atom is -0.371 e. The molecule has 0 saturated heterocycles. The normalized spacial score (nSPS) is 12.6. The molecule has 0 fully saturated rings. The highest BCUT2D eigenvalue weighted by Gasteiger charge is 2.15. The third kappa shape index (κ3) is 4.05. The van der Waals surface area contributed by atoms with E-state index in [9.17, 15) is 4.79 Å². The largest absolute Gasteiger partial charge is 0.371 e. The second-order valence-electron chi connectivity index (χ2n) is 5.02. The quantitative estimate of drug-likeness (QED) is 0.807. The second-order valence-corrected chi connectivity index (χ2v) is 5.02. The Balaban J connectivity index is 2.57. The molecule has 1 unspecified atom stereocenters. The molecule has 1 heterocycles. The molecular weight excluding hydrogens is 228 g/mol. The van der Waals surface area contributed by atoms with Crippen molar-refractivity contribution >= 4 is 11.6 Å². The fourth-order valence-electron chi connectivity index (χ4n) is 1.67. The van der Waals surface area contributed by atoms with Gasteiger partial charge in [-0.15, -0.1) is 0 Å². The Morgan fingerprint density at radius 2 is 2.11 bits per heavy atom. The number of aryl methyl sites for hydroxylation is 2. The highest BCUT2D eigenvalue weighted by atomic mass is 16.2. The average Bonchev–Trinajstić information content (AvgIpc) is 2.66. The lowest BCUT2D eigenvalue weighted by Gasteiger charge is -2.15. The van der Waals surface area contributed by atoms with Crippen molar-refractivity contribution in [1.82, 2.24) is 15.1 Å². The lowest BCUT2D eigenvalue weighted by molar-refractivity contribution is -0.121. The van der Waals surface area contributed by atoms with Gasteiger partial charge >= 0.3 is 0 Å². The zero-order valence-electron chi connectivity index (χ0n) is 11.9. The van der Waals surface area contributed by atoms with E-state index in [1.54, 1.807) is 4.68 Å². The number of carbonyl (C=O) groups excluding carboxylic acids is 1. The van der Waals surface area contributed by atoms with Gasteiger partial charge in [0.2, 0.25) is 5.91 Å². The number of nitrogens with zero attached hydrogens (tertiary/aromatic N) is 2. The molecule has 1 rings (SSSR count). The van der Waals surface area contributed by atoms with Crippen LogP contribution < -0.4 is 10.6 Å². The van der Waals surface area contributed by atoms with Gasteiger partial charge in [-0.2, -0.15) is 5.10 Å². The van der Waals surface area contributed by atoms with Gasteiger partial charge in [-0.25, -0.2) is 0 Å². The van der Waals surface area contributed by atoms with Crippen LogP contribution in [0.25, 0.3) is 0 Å². The summed E-state index contributed by atoms with van der Waals surface area (Å²) in [6, 6.07) is -0.252. The molecule has 2 N–H and O–H groups in total. The first-order valence-corrected chi connectivity index (χ1v) is 6.50. The molecule has 0 aromatic carbocycles. The fourth-order valence-corrected chi connectivity index (χ4v) is 1.67. The number of nitrogens with one attached hydrogen (secondary N) is 2. The Morgan fingerprint density at radius 3 is 2.67 bits per heavy atom. The molecule has 5 nitrogen and oxygen atoms in total. The van der Waals surface area contributed by atoms with Crippen LogP contribution in [-0.4, -0.2) is 28.3 Å². The standard InChI is InChI=1S/C13H24N4O/c1-6-11-12(8-17(5)16-11)15-10(4)13(18)14-7-9(2)3/h8-10,15H,6-7H2,1-5H3,(H,14,18). The maximum atomic E-state index is 11.9. The van der Waals surface area contributed by atoms with Gasteiger partial charge in [0.1, 0.15) is 6.04 Å². The van der Waals surface area contributed by atoms with Crippen molar-refractivity contribution in [2.24, 2.45) is 13.0 Å². The first kappa shape index (κ1) is 14.5. The number of carbonyl (C=O) groups is 1. The van der Waals surface area contributed by atoms with Crippen LogP contribution in [0.1, 0.15) is 33.4 Å². The summed E-state index contributed by atoms with van der Waals surface area (Å²) in [7, 11) is 1.88. The van der Waals surface area contributed by atoms with Gasteiger partial charge in [-0.3, -0.25) is 9.48 Å². The van der Waals surface area contributed by atoms with Crippen molar-refractivity contribution in [1.29, 1.82) is 0 Å². The molecule has 0 aliphatic carbocycles. The summed E-state index contributed by atoms with van der Waals surface area (Å²) in [5.74, 6) is 0.486. The molecule has 0 radical (unpaired) electrons. The Labute approximate surface area is 109 Å². The second kappa shape index (κ2) is 6.42. The van der Waals surface area contributed by atoms with E-state index < -0.39 is 0 Å². The van der Waals surface area contributed by atoms with Crippen molar-refractivity contribution in [2.45, 2.75) is 40.2 Å². The van der Waals surface area contributed by atoms with Gasteiger partial charge in [0, 0.05) is 19.8 Å². The van der Waals surface area contributed by atoms with E-state index in [1.165, 1.54) is 0 Å². The molecule has 0 aliphatic rings. The van der Waals surface area contributed by atoms with Crippen LogP contribution in [0, 0.1) is 5.92 Å². The molecule has 0 spiro atoms. The predicted molar refractivity (Wildman–Crippen MR) is 73.5 cm³/mol. The van der Waals surface area contributed by atoms with E-state index >= 15 is 0 Å². The van der Waals surface area contributed by atoms with Gasteiger partial charge in [0.15, 0.2) is 0 Å². The van der Waals surface area contributed by atoms with Crippen LogP contribution in [0.2, 0.25) is 0 Å². The molecule has 0 saturated carbocycles. The molecule has 5 heteroatoms. The van der Waals surface area contributed by atoms with E-state index in [2.05, 4.69) is 36.5 Å². The summed E-state index contributed by atoms with van der Waals surface area (Å²) < 4.78 is 1.76. The van der Waals surface area contributed by atoms with Crippen LogP contribution in [-0.2, 0) is 18.3 Å². The lowest BCUT2D eigenvalue weighted by atomic mass is 10.2. The molecule has 1 amide bonds. The van der Waals surface area contributed by atoms with Crippen LogP contribution in [0.5, 0.6) is 0 Å².